The van der Waals surface area contributed by atoms with Gasteiger partial charge in [-0.2, -0.15) is 0 Å². The maximum Gasteiger partial charge on any atom is 0.335 e. The molecule has 0 spiro atoms. The number of amides is 1. The van der Waals surface area contributed by atoms with Crippen molar-refractivity contribution in [2.45, 2.75) is 6.04 Å². The van der Waals surface area contributed by atoms with Gasteiger partial charge in [-0.1, -0.05) is 17.8 Å². The number of aromatic carboxylic acids is 1. The molecule has 0 saturated heterocycles. The van der Waals surface area contributed by atoms with Gasteiger partial charge >= 0.3 is 5.97 Å². The number of aliphatic imine (C=N–C) groups is 1. The molecule has 3 rings (SSSR count). The Hall–Kier alpha value is -1.95. The van der Waals surface area contributed by atoms with Crippen molar-refractivity contribution in [3.63, 3.8) is 0 Å². The van der Waals surface area contributed by atoms with Gasteiger partial charge in [0.2, 0.25) is 0 Å². The molecule has 1 N–H and O–H groups in total. The first-order chi connectivity index (χ1) is 8.16. The van der Waals surface area contributed by atoms with Gasteiger partial charge in [0.1, 0.15) is 0 Å². The molecule has 6 heteroatoms. The second kappa shape index (κ2) is 3.53. The average Bonchev–Trinajstić information content (AvgIpc) is 2.78. The van der Waals surface area contributed by atoms with E-state index in [1.54, 1.807) is 11.6 Å². The zero-order chi connectivity index (χ0) is 12.0. The van der Waals surface area contributed by atoms with E-state index in [1.165, 1.54) is 23.9 Å². The van der Waals surface area contributed by atoms with Crippen LogP contribution in [0.25, 0.3) is 4.91 Å². The molecule has 0 saturated carbocycles. The van der Waals surface area contributed by atoms with E-state index in [0.29, 0.717) is 5.36 Å². The lowest BCUT2D eigenvalue weighted by atomic mass is 10.1. The summed E-state index contributed by atoms with van der Waals surface area (Å²) >= 11 is 1.38. The number of hydrogen-bond acceptors (Lipinski definition) is 4. The van der Waals surface area contributed by atoms with Crippen molar-refractivity contribution in [1.82, 2.24) is 0 Å². The van der Waals surface area contributed by atoms with Crippen LogP contribution >= 0.6 is 11.8 Å². The topological polar surface area (TPSA) is 79.1 Å². The standard InChI is InChI=1S/C11H6N2O3S/c14-10-8-9(17-4-12-8)6-2-1-5(11(15)16)3-7(6)13-10/h1-4,8H,(H,15,16). The van der Waals surface area contributed by atoms with Gasteiger partial charge in [0, 0.05) is 10.1 Å². The zero-order valence-electron chi connectivity index (χ0n) is 8.45. The second-order valence-corrected chi connectivity index (χ2v) is 4.51. The minimum Gasteiger partial charge on any atom is -0.478 e. The molecule has 5 nitrogen and oxygen atoms in total. The van der Waals surface area contributed by atoms with Crippen LogP contribution < -0.4 is 10.6 Å². The quantitative estimate of drug-likeness (QED) is 0.744. The van der Waals surface area contributed by atoms with Crippen molar-refractivity contribution in [1.29, 1.82) is 0 Å². The van der Waals surface area contributed by atoms with Gasteiger partial charge in [0.05, 0.1) is 16.5 Å². The summed E-state index contributed by atoms with van der Waals surface area (Å²) in [6.45, 7) is 0. The molecule has 1 unspecified atom stereocenters. The lowest BCUT2D eigenvalue weighted by Crippen LogP contribution is -2.38. The van der Waals surface area contributed by atoms with Crippen LogP contribution in [0, 0.1) is 0 Å². The molecule has 0 radical (unpaired) electrons. The molecule has 0 fully saturated rings. The Kier molecular flexibility index (Phi) is 2.12. The predicted molar refractivity (Wildman–Crippen MR) is 62.5 cm³/mol. The highest BCUT2D eigenvalue weighted by Crippen LogP contribution is 2.28. The molecule has 1 aromatic carbocycles. The largest absolute Gasteiger partial charge is 0.478 e. The predicted octanol–water partition coefficient (Wildman–Crippen LogP) is -0.204. The van der Waals surface area contributed by atoms with Gasteiger partial charge in [-0.15, -0.1) is 0 Å². The van der Waals surface area contributed by atoms with Crippen LogP contribution in [0.15, 0.2) is 28.2 Å². The first kappa shape index (κ1) is 10.2. The van der Waals surface area contributed by atoms with Gasteiger partial charge in [0.15, 0.2) is 6.04 Å². The Labute approximate surface area is 99.6 Å². The van der Waals surface area contributed by atoms with E-state index in [1.807, 2.05) is 0 Å². The molecule has 1 aromatic rings. The van der Waals surface area contributed by atoms with Crippen LogP contribution in [-0.4, -0.2) is 28.6 Å². The highest BCUT2D eigenvalue weighted by atomic mass is 32.2. The third-order valence-electron chi connectivity index (χ3n) is 2.61. The van der Waals surface area contributed by atoms with Crippen LogP contribution in [0.1, 0.15) is 10.4 Å². The number of carbonyl (C=O) groups is 2. The van der Waals surface area contributed by atoms with E-state index in [0.717, 1.165) is 10.1 Å². The fourth-order valence-electron chi connectivity index (χ4n) is 1.81. The second-order valence-electron chi connectivity index (χ2n) is 3.63. The van der Waals surface area contributed by atoms with Crippen molar-refractivity contribution in [3.8, 4) is 0 Å². The van der Waals surface area contributed by atoms with E-state index in [-0.39, 0.29) is 11.5 Å². The molecule has 0 aliphatic carbocycles. The van der Waals surface area contributed by atoms with Gasteiger partial charge < -0.3 is 5.11 Å². The van der Waals surface area contributed by atoms with Crippen molar-refractivity contribution in [2.24, 2.45) is 9.98 Å². The maximum absolute atomic E-state index is 11.7. The van der Waals surface area contributed by atoms with Crippen LogP contribution in [0.3, 0.4) is 0 Å². The molecule has 1 atom stereocenters. The molecule has 17 heavy (non-hydrogen) atoms. The zero-order valence-corrected chi connectivity index (χ0v) is 9.27. The molecular weight excluding hydrogens is 240 g/mol. The molecular formula is C11H6N2O3S. The monoisotopic (exact) mass is 246 g/mol. The lowest BCUT2D eigenvalue weighted by Gasteiger charge is -2.10. The lowest BCUT2D eigenvalue weighted by molar-refractivity contribution is -0.118. The number of hydrogen-bond donors (Lipinski definition) is 1. The maximum atomic E-state index is 11.7. The van der Waals surface area contributed by atoms with Crippen molar-refractivity contribution in [3.05, 3.63) is 34.3 Å². The summed E-state index contributed by atoms with van der Waals surface area (Å²) in [5.74, 6) is -1.37. The number of benzene rings is 1. The Morgan fingerprint density at radius 2 is 2.24 bits per heavy atom. The highest BCUT2D eigenvalue weighted by Gasteiger charge is 2.29. The summed E-state index contributed by atoms with van der Waals surface area (Å²) in [6, 6.07) is 4.08. The Bertz CT molecular complexity index is 693. The normalized spacial score (nSPS) is 20.8. The minimum absolute atomic E-state index is 0.128. The number of carboxylic acids is 1. The van der Waals surface area contributed by atoms with Gasteiger partial charge in [0.25, 0.3) is 5.91 Å². The molecule has 1 amide bonds. The van der Waals surface area contributed by atoms with Crippen LogP contribution in [0.2, 0.25) is 0 Å². The van der Waals surface area contributed by atoms with Gasteiger partial charge in [-0.3, -0.25) is 9.79 Å². The molecule has 0 aromatic heterocycles. The van der Waals surface area contributed by atoms with Crippen molar-refractivity contribution < 1.29 is 14.7 Å². The first-order valence-electron chi connectivity index (χ1n) is 4.85. The van der Waals surface area contributed by atoms with E-state index < -0.39 is 12.0 Å². The summed E-state index contributed by atoms with van der Waals surface area (Å²) in [6.07, 6.45) is 0. The molecule has 84 valence electrons. The summed E-state index contributed by atoms with van der Waals surface area (Å²) in [5, 5.41) is 10.1. The average molecular weight is 246 g/mol. The van der Waals surface area contributed by atoms with Crippen molar-refractivity contribution >= 4 is 34.1 Å². The van der Waals surface area contributed by atoms with Crippen molar-refractivity contribution in [2.75, 3.05) is 0 Å². The van der Waals surface area contributed by atoms with E-state index in [2.05, 4.69) is 9.98 Å². The molecule has 0 bridgehead atoms. The fraction of sp³-hybridized carbons (Fsp3) is 0.0909. The fourth-order valence-corrected chi connectivity index (χ4v) is 2.70. The smallest absolute Gasteiger partial charge is 0.335 e. The number of thioether (sulfide) groups is 1. The minimum atomic E-state index is -1.03. The third kappa shape index (κ3) is 1.49. The summed E-state index contributed by atoms with van der Waals surface area (Å²) in [4.78, 5) is 31.2. The Morgan fingerprint density at radius 1 is 1.41 bits per heavy atom. The summed E-state index contributed by atoms with van der Waals surface area (Å²) < 4.78 is 0. The summed E-state index contributed by atoms with van der Waals surface area (Å²) in [7, 11) is 0. The number of rotatable bonds is 1. The van der Waals surface area contributed by atoms with Gasteiger partial charge in [-0.05, 0) is 12.1 Å². The number of carboxylic acid groups (broad SMARTS) is 1. The number of fused-ring (bicyclic) bond motifs is 2. The molecule has 2 aliphatic heterocycles. The number of carbonyl (C=O) groups excluding carboxylic acids is 1. The van der Waals surface area contributed by atoms with Crippen LogP contribution in [-0.2, 0) is 4.79 Å². The Balaban J connectivity index is 2.33. The summed E-state index contributed by atoms with van der Waals surface area (Å²) in [5.41, 5.74) is 1.75. The van der Waals surface area contributed by atoms with Gasteiger partial charge in [-0.25, -0.2) is 9.79 Å². The van der Waals surface area contributed by atoms with Crippen LogP contribution in [0.5, 0.6) is 0 Å². The van der Waals surface area contributed by atoms with E-state index in [9.17, 15) is 9.59 Å². The first-order valence-corrected chi connectivity index (χ1v) is 5.73. The van der Waals surface area contributed by atoms with E-state index in [4.69, 9.17) is 5.11 Å². The number of nitrogens with zero attached hydrogens (tertiary/aromatic N) is 2. The molecule has 2 aliphatic rings. The third-order valence-corrected chi connectivity index (χ3v) is 3.54. The SMILES string of the molecule is O=C(O)c1ccc2c(c1)=NC(=O)C1N=CSC=21. The van der Waals surface area contributed by atoms with E-state index >= 15 is 0 Å². The van der Waals surface area contributed by atoms with Crippen LogP contribution in [0.4, 0.5) is 0 Å². The molecule has 2 heterocycles. The Morgan fingerprint density at radius 3 is 3.00 bits per heavy atom. The highest BCUT2D eigenvalue weighted by molar-refractivity contribution is 8.20.